The molecular weight excluding hydrogens is 144 g/mol. The molecule has 4 nitrogen and oxygen atoms in total. The van der Waals surface area contributed by atoms with Crippen molar-refractivity contribution >= 4 is 11.8 Å². The van der Waals surface area contributed by atoms with E-state index in [4.69, 9.17) is 0 Å². The van der Waals surface area contributed by atoms with Gasteiger partial charge in [0, 0.05) is 26.4 Å². The van der Waals surface area contributed by atoms with Crippen LogP contribution in [0.4, 0.5) is 0 Å². The zero-order valence-electron chi connectivity index (χ0n) is 6.94. The van der Waals surface area contributed by atoms with Gasteiger partial charge < -0.3 is 10.6 Å². The van der Waals surface area contributed by atoms with Crippen LogP contribution in [0, 0.1) is 0 Å². The smallest absolute Gasteiger partial charge is 0.220 e. The van der Waals surface area contributed by atoms with Crippen LogP contribution in [0.1, 0.15) is 19.8 Å². The van der Waals surface area contributed by atoms with Crippen LogP contribution in [-0.2, 0) is 9.59 Å². The van der Waals surface area contributed by atoms with Gasteiger partial charge in [-0.3, -0.25) is 9.59 Å². The minimum atomic E-state index is -0.101. The van der Waals surface area contributed by atoms with Crippen molar-refractivity contribution in [3.8, 4) is 0 Å². The van der Waals surface area contributed by atoms with Gasteiger partial charge in [-0.05, 0) is 6.92 Å². The zero-order chi connectivity index (χ0) is 8.69. The highest BCUT2D eigenvalue weighted by Gasteiger charge is 2.02. The third kappa shape index (κ3) is 5.39. The molecule has 0 aliphatic carbocycles. The predicted octanol–water partition coefficient (Wildman–Crippen LogP) is -0.351. The monoisotopic (exact) mass is 158 g/mol. The van der Waals surface area contributed by atoms with Crippen LogP contribution in [0.5, 0.6) is 0 Å². The van der Waals surface area contributed by atoms with Crippen molar-refractivity contribution in [2.45, 2.75) is 19.8 Å². The van der Waals surface area contributed by atoms with Crippen molar-refractivity contribution in [1.82, 2.24) is 10.6 Å². The molecule has 0 fully saturated rings. The fourth-order valence-corrected chi connectivity index (χ4v) is 0.638. The minimum absolute atomic E-state index is 0.0731. The summed E-state index contributed by atoms with van der Waals surface area (Å²) in [6.07, 6.45) is 0.538. The maximum Gasteiger partial charge on any atom is 0.220 e. The van der Waals surface area contributed by atoms with Crippen LogP contribution in [0.25, 0.3) is 0 Å². The van der Waals surface area contributed by atoms with Gasteiger partial charge in [0.1, 0.15) is 0 Å². The molecule has 11 heavy (non-hydrogen) atoms. The van der Waals surface area contributed by atoms with Crippen molar-refractivity contribution in [1.29, 1.82) is 0 Å². The third-order valence-electron chi connectivity index (χ3n) is 1.23. The third-order valence-corrected chi connectivity index (χ3v) is 1.23. The highest BCUT2D eigenvalue weighted by molar-refractivity contribution is 5.83. The molecule has 0 heterocycles. The van der Waals surface area contributed by atoms with Crippen molar-refractivity contribution in [2.24, 2.45) is 0 Å². The molecule has 0 rings (SSSR count). The van der Waals surface area contributed by atoms with Crippen molar-refractivity contribution in [3.63, 3.8) is 0 Å². The first-order valence-corrected chi connectivity index (χ1v) is 3.68. The summed E-state index contributed by atoms with van der Waals surface area (Å²) in [5.74, 6) is -0.174. The molecule has 0 aliphatic heterocycles. The summed E-state index contributed by atoms with van der Waals surface area (Å²) in [5, 5.41) is 5.05. The van der Waals surface area contributed by atoms with Crippen LogP contribution < -0.4 is 10.6 Å². The van der Waals surface area contributed by atoms with Crippen molar-refractivity contribution in [2.75, 3.05) is 13.6 Å². The number of carbonyl (C=O) groups is 2. The average molecular weight is 158 g/mol. The molecule has 0 atom stereocenters. The molecule has 0 aromatic rings. The van der Waals surface area contributed by atoms with Gasteiger partial charge in [-0.1, -0.05) is 0 Å². The zero-order valence-corrected chi connectivity index (χ0v) is 6.94. The molecule has 0 aromatic heterocycles. The first-order chi connectivity index (χ1) is 5.20. The Morgan fingerprint density at radius 1 is 1.18 bits per heavy atom. The standard InChI is InChI=1S/C7H14N2O2/c1-3-9-7(11)5-4-6(10)8-2/h3-5H2,1-2H3,(H,8,10)(H,9,11). The molecule has 64 valence electrons. The van der Waals surface area contributed by atoms with Gasteiger partial charge in [-0.15, -0.1) is 0 Å². The Bertz CT molecular complexity index is 145. The maximum atomic E-state index is 10.8. The van der Waals surface area contributed by atoms with Crippen LogP contribution in [-0.4, -0.2) is 25.4 Å². The number of rotatable bonds is 4. The lowest BCUT2D eigenvalue weighted by molar-refractivity contribution is -0.126. The number of hydrogen-bond donors (Lipinski definition) is 2. The lowest BCUT2D eigenvalue weighted by Crippen LogP contribution is -2.25. The maximum absolute atomic E-state index is 10.8. The summed E-state index contributed by atoms with van der Waals surface area (Å²) in [5.41, 5.74) is 0. The molecule has 0 radical (unpaired) electrons. The number of hydrogen-bond acceptors (Lipinski definition) is 2. The summed E-state index contributed by atoms with van der Waals surface area (Å²) in [6.45, 7) is 2.46. The SMILES string of the molecule is CCNC(=O)CCC(=O)NC. The largest absolute Gasteiger partial charge is 0.359 e. The van der Waals surface area contributed by atoms with E-state index in [1.54, 1.807) is 7.05 Å². The summed E-state index contributed by atoms with van der Waals surface area (Å²) in [7, 11) is 1.56. The second-order valence-corrected chi connectivity index (χ2v) is 2.13. The molecule has 4 heteroatoms. The van der Waals surface area contributed by atoms with Crippen molar-refractivity contribution in [3.05, 3.63) is 0 Å². The lowest BCUT2D eigenvalue weighted by atomic mass is 10.3. The number of carbonyl (C=O) groups excluding carboxylic acids is 2. The van der Waals surface area contributed by atoms with Crippen LogP contribution in [0.3, 0.4) is 0 Å². The first-order valence-electron chi connectivity index (χ1n) is 3.68. The van der Waals surface area contributed by atoms with E-state index in [1.807, 2.05) is 6.92 Å². The molecule has 0 spiro atoms. The first kappa shape index (κ1) is 9.94. The lowest BCUT2D eigenvalue weighted by Gasteiger charge is -2.00. The normalized spacial score (nSPS) is 8.91. The van der Waals surface area contributed by atoms with Gasteiger partial charge in [-0.25, -0.2) is 0 Å². The van der Waals surface area contributed by atoms with Gasteiger partial charge in [0.25, 0.3) is 0 Å². The van der Waals surface area contributed by atoms with Gasteiger partial charge in [0.15, 0.2) is 0 Å². The van der Waals surface area contributed by atoms with Crippen LogP contribution in [0.15, 0.2) is 0 Å². The Morgan fingerprint density at radius 3 is 2.18 bits per heavy atom. The summed E-state index contributed by atoms with van der Waals surface area (Å²) < 4.78 is 0. The molecule has 0 bridgehead atoms. The topological polar surface area (TPSA) is 58.2 Å². The fourth-order valence-electron chi connectivity index (χ4n) is 0.638. The Balaban J connectivity index is 3.38. The molecule has 0 aromatic carbocycles. The van der Waals surface area contributed by atoms with E-state index in [-0.39, 0.29) is 24.7 Å². The molecule has 0 saturated heterocycles. The highest BCUT2D eigenvalue weighted by Crippen LogP contribution is 1.87. The highest BCUT2D eigenvalue weighted by atomic mass is 16.2. The van der Waals surface area contributed by atoms with E-state index in [0.717, 1.165) is 0 Å². The number of amides is 2. The van der Waals surface area contributed by atoms with Gasteiger partial charge in [0.05, 0.1) is 0 Å². The summed E-state index contributed by atoms with van der Waals surface area (Å²) in [6, 6.07) is 0. The Kier molecular flexibility index (Phi) is 5.15. The minimum Gasteiger partial charge on any atom is -0.359 e. The second kappa shape index (κ2) is 5.70. The van der Waals surface area contributed by atoms with E-state index in [9.17, 15) is 9.59 Å². The van der Waals surface area contributed by atoms with Gasteiger partial charge in [-0.2, -0.15) is 0 Å². The van der Waals surface area contributed by atoms with E-state index in [1.165, 1.54) is 0 Å². The second-order valence-electron chi connectivity index (χ2n) is 2.13. The van der Waals surface area contributed by atoms with Crippen LogP contribution >= 0.6 is 0 Å². The fraction of sp³-hybridized carbons (Fsp3) is 0.714. The molecule has 2 amide bonds. The Hall–Kier alpha value is -1.06. The Morgan fingerprint density at radius 2 is 1.73 bits per heavy atom. The number of nitrogens with one attached hydrogen (secondary N) is 2. The molecule has 0 unspecified atom stereocenters. The molecule has 0 aliphatic rings. The Labute approximate surface area is 66.4 Å². The average Bonchev–Trinajstić information content (AvgIpc) is 2.01. The van der Waals surface area contributed by atoms with Crippen molar-refractivity contribution < 1.29 is 9.59 Å². The molecule has 2 N–H and O–H groups in total. The van der Waals surface area contributed by atoms with E-state index in [2.05, 4.69) is 10.6 Å². The van der Waals surface area contributed by atoms with Gasteiger partial charge in [0.2, 0.25) is 11.8 Å². The van der Waals surface area contributed by atoms with E-state index in [0.29, 0.717) is 6.54 Å². The van der Waals surface area contributed by atoms with Crippen LogP contribution in [0.2, 0.25) is 0 Å². The predicted molar refractivity (Wildman–Crippen MR) is 42.0 cm³/mol. The summed E-state index contributed by atoms with van der Waals surface area (Å²) in [4.78, 5) is 21.4. The summed E-state index contributed by atoms with van der Waals surface area (Å²) >= 11 is 0. The van der Waals surface area contributed by atoms with E-state index < -0.39 is 0 Å². The van der Waals surface area contributed by atoms with E-state index >= 15 is 0 Å². The van der Waals surface area contributed by atoms with Gasteiger partial charge >= 0.3 is 0 Å². The quantitative estimate of drug-likeness (QED) is 0.587. The molecular formula is C7H14N2O2. The molecule has 0 saturated carbocycles.